The maximum atomic E-state index is 5.31. The van der Waals surface area contributed by atoms with Gasteiger partial charge in [0.2, 0.25) is 0 Å². The van der Waals surface area contributed by atoms with Crippen molar-refractivity contribution in [2.45, 2.75) is 6.42 Å². The highest BCUT2D eigenvalue weighted by atomic mass is 15.1. The SMILES string of the molecule is c1ccc(-c2nc(-c3cccc(-n4c5ccccc5c5cc(-c6ccc7c(c6)c6ccccc6n7-c6ccccc6)ccc54)n3)nc3c2Cc2ccccc2-3)cc1. The molecule has 0 radical (unpaired) electrons. The molecule has 57 heavy (non-hydrogen) atoms. The lowest BCUT2D eigenvalue weighted by Crippen LogP contribution is -2.03. The highest BCUT2D eigenvalue weighted by Crippen LogP contribution is 2.42. The van der Waals surface area contributed by atoms with E-state index in [-0.39, 0.29) is 0 Å². The van der Waals surface area contributed by atoms with E-state index in [4.69, 9.17) is 15.0 Å². The van der Waals surface area contributed by atoms with Gasteiger partial charge in [0, 0.05) is 50.3 Å². The maximum Gasteiger partial charge on any atom is 0.179 e. The predicted molar refractivity (Wildman–Crippen MR) is 233 cm³/mol. The van der Waals surface area contributed by atoms with E-state index in [1.807, 2.05) is 12.1 Å². The maximum absolute atomic E-state index is 5.31. The van der Waals surface area contributed by atoms with Crippen LogP contribution in [0.3, 0.4) is 0 Å². The minimum atomic E-state index is 0.623. The third kappa shape index (κ3) is 4.92. The van der Waals surface area contributed by atoms with Crippen LogP contribution in [0.1, 0.15) is 11.1 Å². The number of aromatic nitrogens is 5. The molecule has 1 aliphatic rings. The normalized spacial score (nSPS) is 12.1. The first kappa shape index (κ1) is 31.7. The molecule has 0 N–H and O–H groups in total. The molecular formula is C52H33N5. The van der Waals surface area contributed by atoms with Crippen molar-refractivity contribution < 1.29 is 0 Å². The monoisotopic (exact) mass is 727 g/mol. The summed E-state index contributed by atoms with van der Waals surface area (Å²) in [6.45, 7) is 0. The summed E-state index contributed by atoms with van der Waals surface area (Å²) in [6, 6.07) is 66.8. The Hall–Kier alpha value is -7.63. The Labute approximate surface area is 328 Å². The van der Waals surface area contributed by atoms with Crippen molar-refractivity contribution in [3.63, 3.8) is 0 Å². The van der Waals surface area contributed by atoms with Crippen molar-refractivity contribution in [3.8, 4) is 56.7 Å². The average Bonchev–Trinajstić information content (AvgIpc) is 3.94. The van der Waals surface area contributed by atoms with Gasteiger partial charge in [-0.05, 0) is 77.4 Å². The highest BCUT2D eigenvalue weighted by Gasteiger charge is 2.26. The number of hydrogen-bond donors (Lipinski definition) is 0. The summed E-state index contributed by atoms with van der Waals surface area (Å²) in [6.07, 6.45) is 0.817. The van der Waals surface area contributed by atoms with Crippen LogP contribution in [0.4, 0.5) is 0 Å². The van der Waals surface area contributed by atoms with Crippen molar-refractivity contribution in [1.29, 1.82) is 0 Å². The van der Waals surface area contributed by atoms with Gasteiger partial charge in [-0.25, -0.2) is 15.0 Å². The fourth-order valence-electron chi connectivity index (χ4n) is 9.00. The summed E-state index contributed by atoms with van der Waals surface area (Å²) in [5, 5.41) is 4.84. The Morgan fingerprint density at radius 2 is 0.965 bits per heavy atom. The first-order valence-electron chi connectivity index (χ1n) is 19.4. The van der Waals surface area contributed by atoms with Crippen LogP contribution in [-0.4, -0.2) is 24.1 Å². The van der Waals surface area contributed by atoms with Crippen LogP contribution in [0.15, 0.2) is 188 Å². The standard InChI is InChI=1S/C52H33N5/c1-3-14-33(15-4-1)50-43-32-36-16-7-8-19-38(36)51(43)55-52(54-50)44-22-13-25-49(53-44)57-46-24-12-10-21-40(46)42-31-35(27-29-48(42)57)34-26-28-47-41(30-34)39-20-9-11-23-45(39)56(47)37-17-5-2-6-18-37/h1-31H,32H2. The number of fused-ring (bicyclic) bond motifs is 9. The van der Waals surface area contributed by atoms with E-state index in [9.17, 15) is 0 Å². The fourth-order valence-corrected chi connectivity index (χ4v) is 9.00. The molecule has 5 nitrogen and oxygen atoms in total. The Kier molecular flexibility index (Phi) is 6.92. The number of pyridine rings is 1. The molecule has 0 spiro atoms. The molecule has 0 amide bonds. The van der Waals surface area contributed by atoms with Crippen molar-refractivity contribution in [3.05, 3.63) is 199 Å². The summed E-state index contributed by atoms with van der Waals surface area (Å²) < 4.78 is 4.64. The third-order valence-electron chi connectivity index (χ3n) is 11.6. The van der Waals surface area contributed by atoms with Crippen LogP contribution in [0, 0.1) is 0 Å². The van der Waals surface area contributed by atoms with Gasteiger partial charge < -0.3 is 4.57 Å². The van der Waals surface area contributed by atoms with Gasteiger partial charge in [0.05, 0.1) is 33.5 Å². The molecule has 0 aliphatic heterocycles. The number of benzene rings is 7. The number of hydrogen-bond acceptors (Lipinski definition) is 3. The summed E-state index contributed by atoms with van der Waals surface area (Å²) >= 11 is 0. The molecule has 5 heteroatoms. The fraction of sp³-hybridized carbons (Fsp3) is 0.0192. The molecule has 1 aliphatic carbocycles. The van der Waals surface area contributed by atoms with Crippen LogP contribution in [0.2, 0.25) is 0 Å². The molecule has 0 unspecified atom stereocenters. The molecule has 0 saturated carbocycles. The highest BCUT2D eigenvalue weighted by molar-refractivity contribution is 6.12. The topological polar surface area (TPSA) is 48.5 Å². The quantitative estimate of drug-likeness (QED) is 0.177. The first-order valence-corrected chi connectivity index (χ1v) is 19.4. The molecule has 0 bridgehead atoms. The molecule has 11 aromatic rings. The Bertz CT molecular complexity index is 3380. The van der Waals surface area contributed by atoms with Crippen molar-refractivity contribution in [1.82, 2.24) is 24.1 Å². The second-order valence-corrected chi connectivity index (χ2v) is 14.8. The predicted octanol–water partition coefficient (Wildman–Crippen LogP) is 12.6. The van der Waals surface area contributed by atoms with E-state index in [1.54, 1.807) is 0 Å². The second kappa shape index (κ2) is 12.4. The molecule has 0 saturated heterocycles. The smallest absolute Gasteiger partial charge is 0.179 e. The zero-order valence-electron chi connectivity index (χ0n) is 30.8. The lowest BCUT2D eigenvalue weighted by Gasteiger charge is -2.12. The third-order valence-corrected chi connectivity index (χ3v) is 11.6. The van der Waals surface area contributed by atoms with E-state index in [0.717, 1.165) is 51.6 Å². The molecule has 0 fully saturated rings. The molecule has 4 aromatic heterocycles. The minimum Gasteiger partial charge on any atom is -0.309 e. The van der Waals surface area contributed by atoms with Crippen LogP contribution in [-0.2, 0) is 6.42 Å². The number of rotatable bonds is 5. The molecule has 266 valence electrons. The van der Waals surface area contributed by atoms with Crippen LogP contribution in [0.5, 0.6) is 0 Å². The van der Waals surface area contributed by atoms with Gasteiger partial charge in [0.25, 0.3) is 0 Å². The van der Waals surface area contributed by atoms with E-state index >= 15 is 0 Å². The molecular weight excluding hydrogens is 695 g/mol. The van der Waals surface area contributed by atoms with Crippen LogP contribution in [0.25, 0.3) is 100 Å². The van der Waals surface area contributed by atoms with Crippen LogP contribution < -0.4 is 0 Å². The Balaban J connectivity index is 1.00. The average molecular weight is 728 g/mol. The Morgan fingerprint density at radius 3 is 1.70 bits per heavy atom. The van der Waals surface area contributed by atoms with Gasteiger partial charge in [0.15, 0.2) is 5.82 Å². The zero-order valence-corrected chi connectivity index (χ0v) is 30.8. The van der Waals surface area contributed by atoms with E-state index < -0.39 is 0 Å². The van der Waals surface area contributed by atoms with Crippen molar-refractivity contribution in [2.24, 2.45) is 0 Å². The summed E-state index contributed by atoms with van der Waals surface area (Å²) in [5.74, 6) is 1.45. The lowest BCUT2D eigenvalue weighted by molar-refractivity contribution is 1.06. The summed E-state index contributed by atoms with van der Waals surface area (Å²) in [5.41, 5.74) is 15.5. The van der Waals surface area contributed by atoms with E-state index in [1.165, 1.54) is 60.4 Å². The van der Waals surface area contributed by atoms with Crippen molar-refractivity contribution >= 4 is 43.6 Å². The molecule has 12 rings (SSSR count). The van der Waals surface area contributed by atoms with E-state index in [2.05, 4.69) is 185 Å². The van der Waals surface area contributed by atoms with Crippen LogP contribution >= 0.6 is 0 Å². The van der Waals surface area contributed by atoms with Crippen molar-refractivity contribution in [2.75, 3.05) is 0 Å². The summed E-state index contributed by atoms with van der Waals surface area (Å²) in [7, 11) is 0. The van der Waals surface area contributed by atoms with Gasteiger partial charge in [-0.15, -0.1) is 0 Å². The molecule has 4 heterocycles. The molecule has 0 atom stereocenters. The van der Waals surface area contributed by atoms with Gasteiger partial charge in [0.1, 0.15) is 11.5 Å². The van der Waals surface area contributed by atoms with Gasteiger partial charge >= 0.3 is 0 Å². The van der Waals surface area contributed by atoms with Gasteiger partial charge in [-0.2, -0.15) is 0 Å². The zero-order chi connectivity index (χ0) is 37.5. The second-order valence-electron chi connectivity index (χ2n) is 14.8. The molecule has 7 aromatic carbocycles. The minimum absolute atomic E-state index is 0.623. The van der Waals surface area contributed by atoms with Gasteiger partial charge in [-0.1, -0.05) is 127 Å². The number of nitrogens with zero attached hydrogens (tertiary/aromatic N) is 5. The lowest BCUT2D eigenvalue weighted by atomic mass is 10.0. The van der Waals surface area contributed by atoms with E-state index in [0.29, 0.717) is 5.82 Å². The van der Waals surface area contributed by atoms with Gasteiger partial charge in [-0.3, -0.25) is 4.57 Å². The Morgan fingerprint density at radius 1 is 0.386 bits per heavy atom. The number of para-hydroxylation sites is 3. The largest absolute Gasteiger partial charge is 0.309 e. The summed E-state index contributed by atoms with van der Waals surface area (Å²) in [4.78, 5) is 15.8. The first-order chi connectivity index (χ1) is 28.3.